The molecule has 0 spiro atoms. The molecule has 0 fully saturated rings. The summed E-state index contributed by atoms with van der Waals surface area (Å²) in [5.41, 5.74) is 5.96. The second kappa shape index (κ2) is 7.72. The minimum atomic E-state index is -3.30. The number of nitrogens with two attached hydrogens (primary N) is 1. The molecule has 1 rings (SSSR count). The number of anilines is 1. The van der Waals surface area contributed by atoms with Gasteiger partial charge in [0.25, 0.3) is 12.3 Å². The highest BCUT2D eigenvalue weighted by atomic mass is 35.5. The fourth-order valence-electron chi connectivity index (χ4n) is 1.39. The highest BCUT2D eigenvalue weighted by Crippen LogP contribution is 2.18. The number of hydrogen-bond acceptors (Lipinski definition) is 3. The van der Waals surface area contributed by atoms with E-state index in [1.54, 1.807) is 0 Å². The summed E-state index contributed by atoms with van der Waals surface area (Å²) in [6.45, 7) is -0.161. The van der Waals surface area contributed by atoms with E-state index in [1.807, 2.05) is 0 Å². The van der Waals surface area contributed by atoms with E-state index < -0.39 is 24.5 Å². The van der Waals surface area contributed by atoms with Crippen molar-refractivity contribution >= 4 is 29.1 Å². The number of carbonyl (C=O) groups excluding carboxylic acids is 2. The van der Waals surface area contributed by atoms with Gasteiger partial charge in [0, 0.05) is 18.7 Å². The smallest absolute Gasteiger partial charge is 0.287 e. The van der Waals surface area contributed by atoms with Gasteiger partial charge in [-0.15, -0.1) is 0 Å². The van der Waals surface area contributed by atoms with Crippen LogP contribution >= 0.6 is 11.6 Å². The van der Waals surface area contributed by atoms with Gasteiger partial charge in [0.1, 0.15) is 0 Å². The van der Waals surface area contributed by atoms with Crippen molar-refractivity contribution in [3.05, 3.63) is 28.8 Å². The Morgan fingerprint density at radius 2 is 1.95 bits per heavy atom. The van der Waals surface area contributed by atoms with Crippen LogP contribution in [-0.4, -0.2) is 31.1 Å². The molecule has 116 valence electrons. The number of carbonyl (C=O) groups is 2. The lowest BCUT2D eigenvalue weighted by atomic mass is 10.2. The van der Waals surface area contributed by atoms with Crippen molar-refractivity contribution < 1.29 is 22.8 Å². The second-order valence-electron chi connectivity index (χ2n) is 4.05. The van der Waals surface area contributed by atoms with Crippen LogP contribution in [0.3, 0.4) is 0 Å². The lowest BCUT2D eigenvalue weighted by Gasteiger charge is -2.10. The zero-order chi connectivity index (χ0) is 16.0. The van der Waals surface area contributed by atoms with E-state index in [9.17, 15) is 22.8 Å². The maximum absolute atomic E-state index is 12.5. The highest BCUT2D eigenvalue weighted by Gasteiger charge is 2.21. The van der Waals surface area contributed by atoms with Crippen molar-refractivity contribution in [3.8, 4) is 0 Å². The summed E-state index contributed by atoms with van der Waals surface area (Å²) in [7, 11) is 0. The number of benzene rings is 1. The van der Waals surface area contributed by atoms with E-state index in [1.165, 1.54) is 23.5 Å². The molecule has 0 bridgehead atoms. The first-order valence-corrected chi connectivity index (χ1v) is 6.24. The largest absolute Gasteiger partial charge is 0.399 e. The summed E-state index contributed by atoms with van der Waals surface area (Å²) in [4.78, 5) is 22.9. The molecule has 1 atom stereocenters. The Hall–Kier alpha value is -1.96. The molecule has 1 aromatic carbocycles. The Kier molecular flexibility index (Phi) is 6.29. The number of amides is 2. The molecule has 5 nitrogen and oxygen atoms in total. The quantitative estimate of drug-likeness (QED) is 0.550. The van der Waals surface area contributed by atoms with Gasteiger partial charge in [0.05, 0.1) is 10.6 Å². The SMILES string of the molecule is Nc1ccc(Cl)c(C(=O)NCCC(=O)NC(F)C(F)F)c1. The van der Waals surface area contributed by atoms with Crippen LogP contribution in [0.15, 0.2) is 18.2 Å². The summed E-state index contributed by atoms with van der Waals surface area (Å²) < 4.78 is 36.2. The Bertz CT molecular complexity index is 528. The molecule has 21 heavy (non-hydrogen) atoms. The third-order valence-corrected chi connectivity index (χ3v) is 2.72. The lowest BCUT2D eigenvalue weighted by molar-refractivity contribution is -0.125. The first kappa shape index (κ1) is 17.1. The molecule has 0 aliphatic rings. The van der Waals surface area contributed by atoms with Crippen LogP contribution in [0.2, 0.25) is 5.02 Å². The molecular weight excluding hydrogens is 311 g/mol. The lowest BCUT2D eigenvalue weighted by Crippen LogP contribution is -2.38. The topological polar surface area (TPSA) is 84.2 Å². The molecule has 0 saturated heterocycles. The van der Waals surface area contributed by atoms with Gasteiger partial charge in [-0.2, -0.15) is 0 Å². The number of nitrogen functional groups attached to an aromatic ring is 1. The van der Waals surface area contributed by atoms with Crippen molar-refractivity contribution in [2.75, 3.05) is 12.3 Å². The maximum Gasteiger partial charge on any atom is 0.287 e. The molecular formula is C12H13ClF3N3O2. The zero-order valence-corrected chi connectivity index (χ0v) is 11.5. The minimum Gasteiger partial charge on any atom is -0.399 e. The Morgan fingerprint density at radius 1 is 1.29 bits per heavy atom. The van der Waals surface area contributed by atoms with E-state index in [-0.39, 0.29) is 23.6 Å². The molecule has 0 saturated carbocycles. The molecule has 0 aromatic heterocycles. The molecule has 2 amide bonds. The number of alkyl halides is 3. The van der Waals surface area contributed by atoms with Crippen LogP contribution in [0.5, 0.6) is 0 Å². The molecule has 0 heterocycles. The van der Waals surface area contributed by atoms with Gasteiger partial charge in [-0.05, 0) is 18.2 Å². The van der Waals surface area contributed by atoms with E-state index in [4.69, 9.17) is 17.3 Å². The number of rotatable bonds is 6. The zero-order valence-electron chi connectivity index (χ0n) is 10.7. The third-order valence-electron chi connectivity index (χ3n) is 2.39. The van der Waals surface area contributed by atoms with Crippen molar-refractivity contribution in [2.24, 2.45) is 0 Å². The predicted octanol–water partition coefficient (Wildman–Crippen LogP) is 1.72. The van der Waals surface area contributed by atoms with Crippen molar-refractivity contribution in [1.29, 1.82) is 0 Å². The standard InChI is InChI=1S/C12H13ClF3N3O2/c13-8-2-1-6(17)5-7(8)12(21)18-4-3-9(20)19-11(16)10(14)15/h1-2,5,10-11H,3-4,17H2,(H,18,21)(H,19,20). The number of halogens is 4. The van der Waals surface area contributed by atoms with Crippen molar-refractivity contribution in [3.63, 3.8) is 0 Å². The van der Waals surface area contributed by atoms with Crippen LogP contribution in [-0.2, 0) is 4.79 Å². The van der Waals surface area contributed by atoms with Crippen LogP contribution in [0.4, 0.5) is 18.9 Å². The average molecular weight is 324 g/mol. The van der Waals surface area contributed by atoms with Crippen molar-refractivity contribution in [1.82, 2.24) is 10.6 Å². The molecule has 1 aromatic rings. The molecule has 0 aliphatic carbocycles. The molecule has 9 heteroatoms. The summed E-state index contributed by atoms with van der Waals surface area (Å²) in [5.74, 6) is -1.52. The molecule has 0 radical (unpaired) electrons. The van der Waals surface area contributed by atoms with Gasteiger partial charge in [-0.1, -0.05) is 11.6 Å². The normalized spacial score (nSPS) is 12.0. The average Bonchev–Trinajstić information content (AvgIpc) is 2.41. The van der Waals surface area contributed by atoms with Gasteiger partial charge >= 0.3 is 0 Å². The number of nitrogens with one attached hydrogen (secondary N) is 2. The van der Waals surface area contributed by atoms with Crippen LogP contribution < -0.4 is 16.4 Å². The summed E-state index contributed by atoms with van der Waals surface area (Å²) in [6.07, 6.45) is -6.37. The maximum atomic E-state index is 12.5. The first-order chi connectivity index (χ1) is 9.81. The minimum absolute atomic E-state index is 0.119. The Labute approximate surface area is 123 Å². The fourth-order valence-corrected chi connectivity index (χ4v) is 1.59. The first-order valence-electron chi connectivity index (χ1n) is 5.86. The Balaban J connectivity index is 2.43. The monoisotopic (exact) mass is 323 g/mol. The van der Waals surface area contributed by atoms with Crippen LogP contribution in [0.25, 0.3) is 0 Å². The molecule has 1 unspecified atom stereocenters. The van der Waals surface area contributed by atoms with E-state index in [0.29, 0.717) is 5.69 Å². The van der Waals surface area contributed by atoms with E-state index in [2.05, 4.69) is 5.32 Å². The summed E-state index contributed by atoms with van der Waals surface area (Å²) in [5, 5.41) is 3.98. The fraction of sp³-hybridized carbons (Fsp3) is 0.333. The van der Waals surface area contributed by atoms with Gasteiger partial charge in [-0.3, -0.25) is 9.59 Å². The third kappa shape index (κ3) is 5.50. The van der Waals surface area contributed by atoms with Gasteiger partial charge in [0.15, 0.2) is 0 Å². The molecule has 4 N–H and O–H groups in total. The Morgan fingerprint density at radius 3 is 2.57 bits per heavy atom. The van der Waals surface area contributed by atoms with Crippen molar-refractivity contribution in [2.45, 2.75) is 19.1 Å². The summed E-state index contributed by atoms with van der Waals surface area (Å²) >= 11 is 5.81. The van der Waals surface area contributed by atoms with Crippen LogP contribution in [0, 0.1) is 0 Å². The van der Waals surface area contributed by atoms with Gasteiger partial charge < -0.3 is 16.4 Å². The number of hydrogen-bond donors (Lipinski definition) is 3. The predicted molar refractivity (Wildman–Crippen MR) is 71.9 cm³/mol. The van der Waals surface area contributed by atoms with Crippen LogP contribution in [0.1, 0.15) is 16.8 Å². The van der Waals surface area contributed by atoms with E-state index >= 15 is 0 Å². The van der Waals surface area contributed by atoms with Gasteiger partial charge in [-0.25, -0.2) is 13.2 Å². The summed E-state index contributed by atoms with van der Waals surface area (Å²) in [6, 6.07) is 4.30. The van der Waals surface area contributed by atoms with E-state index in [0.717, 1.165) is 0 Å². The highest BCUT2D eigenvalue weighted by molar-refractivity contribution is 6.34. The van der Waals surface area contributed by atoms with Gasteiger partial charge in [0.2, 0.25) is 12.2 Å². The second-order valence-corrected chi connectivity index (χ2v) is 4.46. The molecule has 0 aliphatic heterocycles.